The van der Waals surface area contributed by atoms with E-state index in [0.29, 0.717) is 25.6 Å². The number of nitrogens with zero attached hydrogens (tertiary/aromatic N) is 1. The van der Waals surface area contributed by atoms with Gasteiger partial charge in [-0.15, -0.1) is 0 Å². The first-order valence-electron chi connectivity index (χ1n) is 6.92. The molecule has 1 saturated heterocycles. The lowest BCUT2D eigenvalue weighted by Gasteiger charge is -2.33. The van der Waals surface area contributed by atoms with E-state index in [4.69, 9.17) is 5.73 Å². The number of carbonyl (C=O) groups excluding carboxylic acids is 1. The van der Waals surface area contributed by atoms with Crippen molar-refractivity contribution in [1.29, 1.82) is 0 Å². The number of rotatable bonds is 4. The average Bonchev–Trinajstić information content (AvgIpc) is 2.40. The summed E-state index contributed by atoms with van der Waals surface area (Å²) in [5, 5.41) is 2.85. The van der Waals surface area contributed by atoms with Gasteiger partial charge in [0, 0.05) is 25.7 Å². The molecule has 3 N–H and O–H groups in total. The highest BCUT2D eigenvalue weighted by Crippen LogP contribution is 2.23. The maximum Gasteiger partial charge on any atom is 0.234 e. The standard InChI is InChI=1S/C15H23N3O/c1-11(2)12-3-5-13(6-4-12)14(9-16)18-8-7-17-15(19)10-18/h3-6,11,14H,7-10,16H2,1-2H3,(H,17,19). The van der Waals surface area contributed by atoms with Crippen molar-refractivity contribution in [2.24, 2.45) is 5.73 Å². The van der Waals surface area contributed by atoms with Crippen molar-refractivity contribution in [3.8, 4) is 0 Å². The Bertz CT molecular complexity index is 428. The Morgan fingerprint density at radius 3 is 2.42 bits per heavy atom. The van der Waals surface area contributed by atoms with Crippen molar-refractivity contribution in [2.75, 3.05) is 26.2 Å². The maximum atomic E-state index is 11.5. The van der Waals surface area contributed by atoms with Gasteiger partial charge in [0.15, 0.2) is 0 Å². The molecule has 1 atom stereocenters. The van der Waals surface area contributed by atoms with Gasteiger partial charge >= 0.3 is 0 Å². The van der Waals surface area contributed by atoms with Crippen LogP contribution in [0.25, 0.3) is 0 Å². The van der Waals surface area contributed by atoms with E-state index < -0.39 is 0 Å². The maximum absolute atomic E-state index is 11.5. The van der Waals surface area contributed by atoms with Crippen molar-refractivity contribution in [1.82, 2.24) is 10.2 Å². The van der Waals surface area contributed by atoms with Crippen LogP contribution in [0, 0.1) is 0 Å². The molecule has 0 saturated carbocycles. The Morgan fingerprint density at radius 2 is 1.89 bits per heavy atom. The van der Waals surface area contributed by atoms with E-state index in [0.717, 1.165) is 6.54 Å². The van der Waals surface area contributed by atoms with Gasteiger partial charge in [0.1, 0.15) is 0 Å². The van der Waals surface area contributed by atoms with E-state index in [1.165, 1.54) is 11.1 Å². The molecular weight excluding hydrogens is 238 g/mol. The Kier molecular flexibility index (Phi) is 4.56. The predicted octanol–water partition coefficient (Wildman–Crippen LogP) is 1.24. The van der Waals surface area contributed by atoms with Crippen LogP contribution in [-0.2, 0) is 4.79 Å². The minimum absolute atomic E-state index is 0.0866. The first kappa shape index (κ1) is 14.0. The predicted molar refractivity (Wildman–Crippen MR) is 76.9 cm³/mol. The number of nitrogens with two attached hydrogens (primary N) is 1. The van der Waals surface area contributed by atoms with Gasteiger partial charge < -0.3 is 11.1 Å². The van der Waals surface area contributed by atoms with Crippen molar-refractivity contribution in [3.05, 3.63) is 35.4 Å². The number of benzene rings is 1. The number of carbonyl (C=O) groups is 1. The van der Waals surface area contributed by atoms with Gasteiger partial charge in [0.25, 0.3) is 0 Å². The molecule has 104 valence electrons. The minimum Gasteiger partial charge on any atom is -0.354 e. The van der Waals surface area contributed by atoms with E-state index in [-0.39, 0.29) is 11.9 Å². The van der Waals surface area contributed by atoms with E-state index in [1.807, 2.05) is 0 Å². The summed E-state index contributed by atoms with van der Waals surface area (Å²) in [6.45, 7) is 6.91. The van der Waals surface area contributed by atoms with Gasteiger partial charge in [-0.05, 0) is 17.0 Å². The Balaban J connectivity index is 2.14. The molecular formula is C15H23N3O. The SMILES string of the molecule is CC(C)c1ccc(C(CN)N2CCNC(=O)C2)cc1. The second-order valence-corrected chi connectivity index (χ2v) is 5.39. The smallest absolute Gasteiger partial charge is 0.234 e. The fourth-order valence-corrected chi connectivity index (χ4v) is 2.52. The minimum atomic E-state index is 0.0866. The second-order valence-electron chi connectivity index (χ2n) is 5.39. The van der Waals surface area contributed by atoms with E-state index in [1.54, 1.807) is 0 Å². The number of nitrogens with one attached hydrogen (secondary N) is 1. The summed E-state index contributed by atoms with van der Waals surface area (Å²) in [5.74, 6) is 0.620. The molecule has 0 aromatic heterocycles. The van der Waals surface area contributed by atoms with E-state index >= 15 is 0 Å². The van der Waals surface area contributed by atoms with Crippen molar-refractivity contribution >= 4 is 5.91 Å². The molecule has 0 aliphatic carbocycles. The summed E-state index contributed by atoms with van der Waals surface area (Å²) in [6.07, 6.45) is 0. The third-order valence-electron chi connectivity index (χ3n) is 3.72. The Labute approximate surface area is 115 Å². The fraction of sp³-hybridized carbons (Fsp3) is 0.533. The summed E-state index contributed by atoms with van der Waals surface area (Å²) >= 11 is 0. The van der Waals surface area contributed by atoms with E-state index in [2.05, 4.69) is 48.3 Å². The van der Waals surface area contributed by atoms with Crippen LogP contribution >= 0.6 is 0 Å². The number of hydrogen-bond donors (Lipinski definition) is 2. The van der Waals surface area contributed by atoms with Gasteiger partial charge in [0.05, 0.1) is 6.54 Å². The quantitative estimate of drug-likeness (QED) is 0.857. The molecule has 1 heterocycles. The van der Waals surface area contributed by atoms with Crippen LogP contribution in [0.1, 0.15) is 36.9 Å². The lowest BCUT2D eigenvalue weighted by atomic mass is 9.98. The van der Waals surface area contributed by atoms with Crippen LogP contribution in [-0.4, -0.2) is 37.0 Å². The lowest BCUT2D eigenvalue weighted by Crippen LogP contribution is -2.50. The molecule has 1 aromatic carbocycles. The Hall–Kier alpha value is -1.39. The molecule has 19 heavy (non-hydrogen) atoms. The van der Waals surface area contributed by atoms with Gasteiger partial charge in [-0.1, -0.05) is 38.1 Å². The zero-order valence-electron chi connectivity index (χ0n) is 11.7. The van der Waals surface area contributed by atoms with Crippen LogP contribution in [0.15, 0.2) is 24.3 Å². The van der Waals surface area contributed by atoms with Gasteiger partial charge in [-0.2, -0.15) is 0 Å². The summed E-state index contributed by atoms with van der Waals surface area (Å²) in [4.78, 5) is 13.6. The highest BCUT2D eigenvalue weighted by atomic mass is 16.2. The summed E-state index contributed by atoms with van der Waals surface area (Å²) in [6, 6.07) is 8.73. The van der Waals surface area contributed by atoms with Crippen molar-refractivity contribution in [2.45, 2.75) is 25.8 Å². The molecule has 1 unspecified atom stereocenters. The topological polar surface area (TPSA) is 58.4 Å². The first-order chi connectivity index (χ1) is 9.11. The van der Waals surface area contributed by atoms with Crippen LogP contribution in [0.4, 0.5) is 0 Å². The van der Waals surface area contributed by atoms with Gasteiger partial charge in [-0.25, -0.2) is 0 Å². The summed E-state index contributed by atoms with van der Waals surface area (Å²) in [5.41, 5.74) is 8.43. The molecule has 2 rings (SSSR count). The fourth-order valence-electron chi connectivity index (χ4n) is 2.52. The monoisotopic (exact) mass is 261 g/mol. The van der Waals surface area contributed by atoms with Crippen LogP contribution in [0.2, 0.25) is 0 Å². The molecule has 0 radical (unpaired) electrons. The number of hydrogen-bond acceptors (Lipinski definition) is 3. The molecule has 1 amide bonds. The van der Waals surface area contributed by atoms with Crippen LogP contribution in [0.3, 0.4) is 0 Å². The zero-order valence-corrected chi connectivity index (χ0v) is 11.7. The summed E-state index contributed by atoms with van der Waals surface area (Å²) < 4.78 is 0. The second kappa shape index (κ2) is 6.17. The zero-order chi connectivity index (χ0) is 13.8. The molecule has 1 aromatic rings. The summed E-state index contributed by atoms with van der Waals surface area (Å²) in [7, 11) is 0. The van der Waals surface area contributed by atoms with Crippen molar-refractivity contribution in [3.63, 3.8) is 0 Å². The third-order valence-corrected chi connectivity index (χ3v) is 3.72. The van der Waals surface area contributed by atoms with Crippen molar-refractivity contribution < 1.29 is 4.79 Å². The molecule has 4 heteroatoms. The van der Waals surface area contributed by atoms with Crippen LogP contribution < -0.4 is 11.1 Å². The van der Waals surface area contributed by atoms with Gasteiger partial charge in [-0.3, -0.25) is 9.69 Å². The lowest BCUT2D eigenvalue weighted by molar-refractivity contribution is -0.124. The molecule has 1 fully saturated rings. The molecule has 4 nitrogen and oxygen atoms in total. The molecule has 1 aliphatic rings. The number of piperazine rings is 1. The molecule has 0 bridgehead atoms. The molecule has 0 spiro atoms. The first-order valence-corrected chi connectivity index (χ1v) is 6.92. The number of amides is 1. The van der Waals surface area contributed by atoms with Crippen LogP contribution in [0.5, 0.6) is 0 Å². The highest BCUT2D eigenvalue weighted by molar-refractivity contribution is 5.78. The highest BCUT2D eigenvalue weighted by Gasteiger charge is 2.24. The molecule has 1 aliphatic heterocycles. The average molecular weight is 261 g/mol. The largest absolute Gasteiger partial charge is 0.354 e. The van der Waals surface area contributed by atoms with E-state index in [9.17, 15) is 4.79 Å². The van der Waals surface area contributed by atoms with Gasteiger partial charge in [0.2, 0.25) is 5.91 Å². The third kappa shape index (κ3) is 3.33. The normalized spacial score (nSPS) is 18.4. The Morgan fingerprint density at radius 1 is 1.26 bits per heavy atom.